The fourth-order valence-corrected chi connectivity index (χ4v) is 8.56. The lowest BCUT2D eigenvalue weighted by molar-refractivity contribution is -0.659. The highest BCUT2D eigenvalue weighted by atomic mass is 28.3. The number of hydrogen-bond donors (Lipinski definition) is 0. The lowest BCUT2D eigenvalue weighted by atomic mass is 9.96. The summed E-state index contributed by atoms with van der Waals surface area (Å²) in [7, 11) is 0.835. The van der Waals surface area contributed by atoms with Gasteiger partial charge >= 0.3 is 0 Å². The zero-order chi connectivity index (χ0) is 19.2. The van der Waals surface area contributed by atoms with Crippen LogP contribution in [0.25, 0.3) is 26.9 Å². The highest BCUT2D eigenvalue weighted by Gasteiger charge is 2.33. The minimum atomic E-state index is -1.27. The molecule has 0 atom stereocenters. The van der Waals surface area contributed by atoms with Crippen molar-refractivity contribution in [2.75, 3.05) is 0 Å². The van der Waals surface area contributed by atoms with Gasteiger partial charge in [0.1, 0.15) is 7.05 Å². The van der Waals surface area contributed by atoms with Crippen LogP contribution >= 0.6 is 0 Å². The van der Waals surface area contributed by atoms with Crippen LogP contribution in [-0.4, -0.2) is 8.07 Å². The molecular weight excluding hydrogens is 344 g/mol. The van der Waals surface area contributed by atoms with Crippen molar-refractivity contribution in [3.05, 3.63) is 65.1 Å². The number of aryl methyl sites for hydroxylation is 2. The molecule has 1 fully saturated rings. The quantitative estimate of drug-likeness (QED) is 0.316. The summed E-state index contributed by atoms with van der Waals surface area (Å²) in [6, 6.07) is 16.3. The third kappa shape index (κ3) is 2.99. The van der Waals surface area contributed by atoms with Crippen molar-refractivity contribution in [2.45, 2.75) is 45.3 Å². The fraction of sp³-hybridized carbons (Fsp3) is 0.333. The standard InChI is InChI=1S/C24H27N2Si/c1-17-14-20(25-3)16-23(18(17)2)24-22-9-8-21(27(5)12-6-7-13-27)15-19(22)10-11-26(24)4/h8-11,14-16H,6-7,12-13H2,1-2,4-5H3/q+1. The summed E-state index contributed by atoms with van der Waals surface area (Å²) in [5, 5.41) is 4.21. The molecule has 0 radical (unpaired) electrons. The largest absolute Gasteiger partial charge is 0.238 e. The van der Waals surface area contributed by atoms with E-state index in [1.807, 2.05) is 12.1 Å². The average molecular weight is 372 g/mol. The first-order valence-electron chi connectivity index (χ1n) is 9.85. The number of nitrogens with zero attached hydrogens (tertiary/aromatic N) is 2. The van der Waals surface area contributed by atoms with E-state index in [1.54, 1.807) is 5.19 Å². The van der Waals surface area contributed by atoms with Crippen molar-refractivity contribution in [3.8, 4) is 11.3 Å². The van der Waals surface area contributed by atoms with Crippen molar-refractivity contribution in [1.82, 2.24) is 0 Å². The zero-order valence-electron chi connectivity index (χ0n) is 16.8. The third-order valence-corrected chi connectivity index (χ3v) is 11.2. The van der Waals surface area contributed by atoms with Gasteiger partial charge in [0.2, 0.25) is 5.69 Å². The van der Waals surface area contributed by atoms with Gasteiger partial charge in [-0.1, -0.05) is 60.4 Å². The maximum atomic E-state index is 7.45. The second-order valence-corrected chi connectivity index (χ2v) is 13.1. The summed E-state index contributed by atoms with van der Waals surface area (Å²) in [4.78, 5) is 3.69. The summed E-state index contributed by atoms with van der Waals surface area (Å²) in [6.07, 6.45) is 4.97. The van der Waals surface area contributed by atoms with Gasteiger partial charge in [0.05, 0.1) is 20.0 Å². The van der Waals surface area contributed by atoms with Crippen LogP contribution in [0.1, 0.15) is 24.0 Å². The van der Waals surface area contributed by atoms with Gasteiger partial charge in [-0.05, 0) is 36.9 Å². The molecule has 0 aliphatic carbocycles. The predicted molar refractivity (Wildman–Crippen MR) is 116 cm³/mol. The van der Waals surface area contributed by atoms with Crippen LogP contribution in [0.2, 0.25) is 18.6 Å². The summed E-state index contributed by atoms with van der Waals surface area (Å²) in [5.41, 5.74) is 5.53. The first-order chi connectivity index (χ1) is 12.9. The van der Waals surface area contributed by atoms with Gasteiger partial charge in [-0.3, -0.25) is 0 Å². The maximum absolute atomic E-state index is 7.45. The smallest absolute Gasteiger partial charge is 0.219 e. The molecule has 0 spiro atoms. The third-order valence-electron chi connectivity index (χ3n) is 6.58. The Morgan fingerprint density at radius 3 is 2.48 bits per heavy atom. The first-order valence-corrected chi connectivity index (χ1v) is 12.8. The Morgan fingerprint density at radius 2 is 1.78 bits per heavy atom. The Bertz CT molecular complexity index is 1090. The fourth-order valence-electron chi connectivity index (χ4n) is 4.68. The van der Waals surface area contributed by atoms with Gasteiger partial charge in [0.15, 0.2) is 11.9 Å². The molecule has 1 aliphatic heterocycles. The van der Waals surface area contributed by atoms with Gasteiger partial charge in [0, 0.05) is 11.6 Å². The Hall–Kier alpha value is -2.44. The highest BCUT2D eigenvalue weighted by molar-refractivity contribution is 6.91. The number of hydrogen-bond acceptors (Lipinski definition) is 0. The Kier molecular flexibility index (Phi) is 4.40. The monoisotopic (exact) mass is 371 g/mol. The van der Waals surface area contributed by atoms with E-state index < -0.39 is 8.07 Å². The van der Waals surface area contributed by atoms with Crippen molar-refractivity contribution in [2.24, 2.45) is 7.05 Å². The van der Waals surface area contributed by atoms with Crippen LogP contribution in [0.5, 0.6) is 0 Å². The second-order valence-electron chi connectivity index (χ2n) is 8.39. The molecule has 0 N–H and O–H groups in total. The lowest BCUT2D eigenvalue weighted by Crippen LogP contribution is -2.41. The van der Waals surface area contributed by atoms with Gasteiger partial charge in [-0.15, -0.1) is 0 Å². The maximum Gasteiger partial charge on any atom is 0.219 e. The lowest BCUT2D eigenvalue weighted by Gasteiger charge is -2.22. The molecule has 0 saturated carbocycles. The van der Waals surface area contributed by atoms with E-state index in [0.29, 0.717) is 5.69 Å². The average Bonchev–Trinajstić information content (AvgIpc) is 3.11. The van der Waals surface area contributed by atoms with Crippen LogP contribution in [0.15, 0.2) is 42.6 Å². The van der Waals surface area contributed by atoms with Crippen LogP contribution in [0, 0.1) is 20.4 Å². The Morgan fingerprint density at radius 1 is 1.04 bits per heavy atom. The van der Waals surface area contributed by atoms with E-state index in [-0.39, 0.29) is 0 Å². The molecule has 1 aliphatic rings. The summed E-state index contributed by atoms with van der Waals surface area (Å²) in [6.45, 7) is 14.3. The van der Waals surface area contributed by atoms with Crippen LogP contribution in [0.4, 0.5) is 5.69 Å². The van der Waals surface area contributed by atoms with E-state index in [4.69, 9.17) is 6.57 Å². The molecule has 136 valence electrons. The van der Waals surface area contributed by atoms with Crippen LogP contribution < -0.4 is 9.75 Å². The molecule has 2 nitrogen and oxygen atoms in total. The SMILES string of the molecule is [C-]#[N+]c1cc(C)c(C)c(-c2c3ccc([Si]4(C)CCCC4)cc3cc[n+]2C)c1. The molecule has 1 saturated heterocycles. The minimum absolute atomic E-state index is 0.715. The van der Waals surface area contributed by atoms with E-state index in [9.17, 15) is 0 Å². The summed E-state index contributed by atoms with van der Waals surface area (Å²) < 4.78 is 2.20. The Balaban J connectivity index is 1.96. The van der Waals surface area contributed by atoms with Gasteiger partial charge < -0.3 is 0 Å². The van der Waals surface area contributed by atoms with Crippen molar-refractivity contribution in [1.29, 1.82) is 0 Å². The van der Waals surface area contributed by atoms with E-state index in [0.717, 1.165) is 0 Å². The van der Waals surface area contributed by atoms with E-state index in [2.05, 4.69) is 67.3 Å². The molecule has 2 aromatic carbocycles. The van der Waals surface area contributed by atoms with Gasteiger partial charge in [-0.2, -0.15) is 0 Å². The number of fused-ring (bicyclic) bond motifs is 1. The molecular formula is C24H27N2Si+. The molecule has 2 heterocycles. The molecule has 1 aromatic heterocycles. The summed E-state index contributed by atoms with van der Waals surface area (Å²) in [5.74, 6) is 0. The van der Waals surface area contributed by atoms with E-state index >= 15 is 0 Å². The molecule has 27 heavy (non-hydrogen) atoms. The molecule has 3 heteroatoms. The highest BCUT2D eigenvalue weighted by Crippen LogP contribution is 2.34. The molecule has 0 unspecified atom stereocenters. The van der Waals surface area contributed by atoms with Gasteiger partial charge in [0.25, 0.3) is 0 Å². The van der Waals surface area contributed by atoms with Crippen molar-refractivity contribution >= 4 is 29.7 Å². The van der Waals surface area contributed by atoms with Crippen molar-refractivity contribution in [3.63, 3.8) is 0 Å². The first kappa shape index (κ1) is 17.9. The predicted octanol–water partition coefficient (Wildman–Crippen LogP) is 5.58. The van der Waals surface area contributed by atoms with Crippen LogP contribution in [-0.2, 0) is 7.05 Å². The van der Waals surface area contributed by atoms with Crippen molar-refractivity contribution < 1.29 is 4.57 Å². The molecule has 4 rings (SSSR count). The Labute approximate surface area is 163 Å². The van der Waals surface area contributed by atoms with Gasteiger partial charge in [-0.25, -0.2) is 9.41 Å². The normalized spacial score (nSPS) is 15.8. The molecule has 3 aromatic rings. The number of rotatable bonds is 2. The second kappa shape index (κ2) is 6.62. The molecule has 0 amide bonds. The summed E-state index contributed by atoms with van der Waals surface area (Å²) >= 11 is 0. The number of pyridine rings is 1. The number of benzene rings is 2. The van der Waals surface area contributed by atoms with Crippen LogP contribution in [0.3, 0.4) is 0 Å². The molecule has 0 bridgehead atoms. The number of aromatic nitrogens is 1. The zero-order valence-corrected chi connectivity index (χ0v) is 17.8. The van der Waals surface area contributed by atoms with E-state index in [1.165, 1.54) is 58.1 Å². The minimum Gasteiger partial charge on any atom is -0.238 e. The topological polar surface area (TPSA) is 8.24 Å².